The molecule has 0 radical (unpaired) electrons. The van der Waals surface area contributed by atoms with Crippen molar-refractivity contribution in [1.29, 1.82) is 0 Å². The number of aryl methyl sites for hydroxylation is 1. The van der Waals surface area contributed by atoms with Crippen molar-refractivity contribution in [3.8, 4) is 5.75 Å². The molecule has 2 aromatic heterocycles. The van der Waals surface area contributed by atoms with Crippen molar-refractivity contribution in [2.75, 3.05) is 19.0 Å². The monoisotopic (exact) mass is 438 g/mol. The molecule has 160 valence electrons. The zero-order valence-electron chi connectivity index (χ0n) is 17.3. The maximum Gasteiger partial charge on any atom is 0.229 e. The second-order valence-electron chi connectivity index (χ2n) is 7.58. The van der Waals surface area contributed by atoms with Crippen LogP contribution in [0.4, 0.5) is 5.82 Å². The van der Waals surface area contributed by atoms with E-state index in [4.69, 9.17) is 21.1 Å². The molecule has 2 heterocycles. The number of carbonyl (C=O) groups excluding carboxylic acids is 1. The van der Waals surface area contributed by atoms with E-state index >= 15 is 0 Å². The van der Waals surface area contributed by atoms with E-state index in [2.05, 4.69) is 20.3 Å². The number of rotatable bonds is 8. The highest BCUT2D eigenvalue weighted by molar-refractivity contribution is 6.30. The molecule has 1 saturated carbocycles. The summed E-state index contributed by atoms with van der Waals surface area (Å²) in [7, 11) is 1.61. The fraction of sp³-hybridized carbons (Fsp3) is 0.304. The molecule has 1 N–H and O–H groups in total. The second-order valence-corrected chi connectivity index (χ2v) is 8.02. The van der Waals surface area contributed by atoms with Crippen molar-refractivity contribution in [2.45, 2.75) is 25.4 Å². The van der Waals surface area contributed by atoms with Crippen molar-refractivity contribution < 1.29 is 14.3 Å². The highest BCUT2D eigenvalue weighted by Gasteiger charge is 2.60. The number of hydrogen-bond donors (Lipinski definition) is 1. The van der Waals surface area contributed by atoms with Gasteiger partial charge in [0.2, 0.25) is 5.91 Å². The molecule has 0 saturated heterocycles. The second kappa shape index (κ2) is 8.99. The number of ether oxygens (including phenoxy) is 2. The first-order valence-electron chi connectivity index (χ1n) is 9.94. The van der Waals surface area contributed by atoms with Crippen LogP contribution in [0.2, 0.25) is 5.02 Å². The number of nitrogens with one attached hydrogen (secondary N) is 1. The normalized spacial score (nSPS) is 19.6. The van der Waals surface area contributed by atoms with E-state index < -0.39 is 5.41 Å². The predicted molar refractivity (Wildman–Crippen MR) is 117 cm³/mol. The van der Waals surface area contributed by atoms with Gasteiger partial charge < -0.3 is 14.8 Å². The third-order valence-electron chi connectivity index (χ3n) is 5.44. The number of amides is 1. The maximum absolute atomic E-state index is 13.0. The molecular weight excluding hydrogens is 416 g/mol. The Balaban J connectivity index is 1.54. The molecule has 1 fully saturated rings. The molecule has 0 unspecified atom stereocenters. The topological polar surface area (TPSA) is 86.2 Å². The highest BCUT2D eigenvalue weighted by atomic mass is 35.5. The van der Waals surface area contributed by atoms with Crippen LogP contribution in [-0.4, -0.2) is 34.6 Å². The van der Waals surface area contributed by atoms with Gasteiger partial charge in [-0.3, -0.25) is 4.79 Å². The summed E-state index contributed by atoms with van der Waals surface area (Å²) < 4.78 is 11.4. The van der Waals surface area contributed by atoms with Gasteiger partial charge in [-0.15, -0.1) is 0 Å². The first-order valence-corrected chi connectivity index (χ1v) is 10.3. The molecule has 2 atom stereocenters. The van der Waals surface area contributed by atoms with Gasteiger partial charge in [0.15, 0.2) is 5.75 Å². The Kier molecular flexibility index (Phi) is 6.15. The number of halogens is 1. The molecule has 31 heavy (non-hydrogen) atoms. The quantitative estimate of drug-likeness (QED) is 0.573. The van der Waals surface area contributed by atoms with E-state index in [1.807, 2.05) is 37.3 Å². The van der Waals surface area contributed by atoms with Crippen molar-refractivity contribution >= 4 is 23.3 Å². The van der Waals surface area contributed by atoms with Crippen LogP contribution < -0.4 is 10.1 Å². The summed E-state index contributed by atoms with van der Waals surface area (Å²) in [5.41, 5.74) is 1.30. The van der Waals surface area contributed by atoms with Crippen LogP contribution in [0, 0.1) is 12.8 Å². The zero-order valence-corrected chi connectivity index (χ0v) is 18.1. The SMILES string of the molecule is COCc1nc(C)ncc1OC[C@@]1(c2ccccc2)C[C@H]1C(=O)Nc1ccc(Cl)cn1. The summed E-state index contributed by atoms with van der Waals surface area (Å²) >= 11 is 5.88. The minimum absolute atomic E-state index is 0.0976. The molecular formula is C23H23ClN4O3. The van der Waals surface area contributed by atoms with Gasteiger partial charge in [0.1, 0.15) is 17.3 Å². The average molecular weight is 439 g/mol. The fourth-order valence-corrected chi connectivity index (χ4v) is 3.83. The number of carbonyl (C=O) groups is 1. The highest BCUT2D eigenvalue weighted by Crippen LogP contribution is 2.55. The van der Waals surface area contributed by atoms with E-state index in [1.54, 1.807) is 25.4 Å². The van der Waals surface area contributed by atoms with Gasteiger partial charge in [-0.2, -0.15) is 0 Å². The lowest BCUT2D eigenvalue weighted by Crippen LogP contribution is -2.27. The van der Waals surface area contributed by atoms with E-state index in [-0.39, 0.29) is 11.8 Å². The lowest BCUT2D eigenvalue weighted by Gasteiger charge is -2.20. The third kappa shape index (κ3) is 4.68. The number of nitrogens with zero attached hydrogens (tertiary/aromatic N) is 3. The summed E-state index contributed by atoms with van der Waals surface area (Å²) in [6.45, 7) is 2.47. The molecule has 0 bridgehead atoms. The van der Waals surface area contributed by atoms with E-state index in [0.29, 0.717) is 47.7 Å². The van der Waals surface area contributed by atoms with E-state index in [1.165, 1.54) is 6.20 Å². The summed E-state index contributed by atoms with van der Waals surface area (Å²) in [4.78, 5) is 25.8. The standard InChI is InChI=1S/C23H23ClN4O3/c1-15-25-12-20(19(27-15)13-30-2)31-14-23(16-6-4-3-5-7-16)10-18(23)22(29)28-21-9-8-17(24)11-26-21/h3-9,11-12,18H,10,13-14H2,1-2H3,(H,26,28,29)/t18-,23+/m0/s1. The van der Waals surface area contributed by atoms with Crippen molar-refractivity contribution in [3.63, 3.8) is 0 Å². The van der Waals surface area contributed by atoms with Gasteiger partial charge in [0, 0.05) is 18.7 Å². The number of benzene rings is 1. The minimum atomic E-state index is -0.438. The molecule has 4 rings (SSSR count). The van der Waals surface area contributed by atoms with Gasteiger partial charge in [0.25, 0.3) is 0 Å². The molecule has 0 aliphatic heterocycles. The van der Waals surface area contributed by atoms with Crippen molar-refractivity contribution in [2.24, 2.45) is 5.92 Å². The molecule has 7 nitrogen and oxygen atoms in total. The van der Waals surface area contributed by atoms with Gasteiger partial charge in [-0.25, -0.2) is 15.0 Å². The Hall–Kier alpha value is -3.03. The van der Waals surface area contributed by atoms with Crippen LogP contribution in [0.25, 0.3) is 0 Å². The van der Waals surface area contributed by atoms with Crippen molar-refractivity contribution in [1.82, 2.24) is 15.0 Å². The molecule has 1 aliphatic rings. The van der Waals surface area contributed by atoms with Crippen LogP contribution >= 0.6 is 11.6 Å². The largest absolute Gasteiger partial charge is 0.489 e. The Morgan fingerprint density at radius 2 is 2.00 bits per heavy atom. The lowest BCUT2D eigenvalue weighted by atomic mass is 9.93. The molecule has 1 aromatic carbocycles. The Morgan fingerprint density at radius 3 is 2.71 bits per heavy atom. The molecule has 1 amide bonds. The van der Waals surface area contributed by atoms with Gasteiger partial charge in [-0.05, 0) is 31.0 Å². The summed E-state index contributed by atoms with van der Waals surface area (Å²) in [5.74, 6) is 1.34. The third-order valence-corrected chi connectivity index (χ3v) is 5.66. The maximum atomic E-state index is 13.0. The smallest absolute Gasteiger partial charge is 0.229 e. The Labute approximate surface area is 185 Å². The molecule has 3 aromatic rings. The van der Waals surface area contributed by atoms with Gasteiger partial charge in [0.05, 0.1) is 30.4 Å². The summed E-state index contributed by atoms with van der Waals surface area (Å²) in [6.07, 6.45) is 3.83. The molecule has 8 heteroatoms. The zero-order chi connectivity index (χ0) is 21.8. The Morgan fingerprint density at radius 1 is 1.19 bits per heavy atom. The lowest BCUT2D eigenvalue weighted by molar-refractivity contribution is -0.117. The Bertz CT molecular complexity index is 1060. The number of hydrogen-bond acceptors (Lipinski definition) is 6. The first-order chi connectivity index (χ1) is 15.0. The van der Waals surface area contributed by atoms with Crippen LogP contribution in [-0.2, 0) is 21.6 Å². The summed E-state index contributed by atoms with van der Waals surface area (Å²) in [5, 5.41) is 3.40. The summed E-state index contributed by atoms with van der Waals surface area (Å²) in [6, 6.07) is 13.3. The van der Waals surface area contributed by atoms with Crippen molar-refractivity contribution in [3.05, 3.63) is 77.0 Å². The molecule has 0 spiro atoms. The number of aromatic nitrogens is 3. The molecule has 1 aliphatic carbocycles. The number of methoxy groups -OCH3 is 1. The average Bonchev–Trinajstić information content (AvgIpc) is 3.52. The first kappa shape index (κ1) is 21.2. The van der Waals surface area contributed by atoms with Crippen LogP contribution in [0.1, 0.15) is 23.5 Å². The van der Waals surface area contributed by atoms with Gasteiger partial charge in [-0.1, -0.05) is 41.9 Å². The van der Waals surface area contributed by atoms with Gasteiger partial charge >= 0.3 is 0 Å². The van der Waals surface area contributed by atoms with Crippen LogP contribution in [0.15, 0.2) is 54.9 Å². The van der Waals surface area contributed by atoms with Crippen LogP contribution in [0.5, 0.6) is 5.75 Å². The number of anilines is 1. The van der Waals surface area contributed by atoms with E-state index in [9.17, 15) is 4.79 Å². The predicted octanol–water partition coefficient (Wildman–Crippen LogP) is 3.96. The fourth-order valence-electron chi connectivity index (χ4n) is 3.72. The van der Waals surface area contributed by atoms with E-state index in [0.717, 1.165) is 5.56 Å². The minimum Gasteiger partial charge on any atom is -0.489 e. The van der Waals surface area contributed by atoms with Crippen LogP contribution in [0.3, 0.4) is 0 Å². The number of pyridine rings is 1.